The van der Waals surface area contributed by atoms with E-state index in [4.69, 9.17) is 10.2 Å². The van der Waals surface area contributed by atoms with E-state index < -0.39 is 0 Å². The molecule has 0 spiro atoms. The Morgan fingerprint density at radius 1 is 1.29 bits per heavy atom. The topological polar surface area (TPSA) is 64.1 Å². The fraction of sp³-hybridized carbons (Fsp3) is 0.308. The highest BCUT2D eigenvalue weighted by Gasteiger charge is 2.09. The lowest BCUT2D eigenvalue weighted by atomic mass is 10.1. The molecule has 0 radical (unpaired) electrons. The van der Waals surface area contributed by atoms with Gasteiger partial charge in [-0.1, -0.05) is 0 Å². The molecular weight excluding hydrogens is 214 g/mol. The molecule has 1 aromatic heterocycles. The Morgan fingerprint density at radius 3 is 2.53 bits per heavy atom. The normalized spacial score (nSPS) is 11.5. The van der Waals surface area contributed by atoms with Crippen LogP contribution in [0.4, 0.5) is 5.69 Å². The van der Waals surface area contributed by atoms with Crippen molar-refractivity contribution in [2.75, 3.05) is 11.9 Å². The minimum atomic E-state index is -0.219. The molecule has 17 heavy (non-hydrogen) atoms. The van der Waals surface area contributed by atoms with Gasteiger partial charge in [0.2, 0.25) is 0 Å². The Kier molecular flexibility index (Phi) is 3.15. The molecule has 3 N–H and O–H groups in total. The summed E-state index contributed by atoms with van der Waals surface area (Å²) in [5.41, 5.74) is 7.75. The molecule has 0 saturated carbocycles. The Balaban J connectivity index is 2.04. The summed E-state index contributed by atoms with van der Waals surface area (Å²) in [4.78, 5) is 3.89. The van der Waals surface area contributed by atoms with E-state index in [9.17, 15) is 0 Å². The average molecular weight is 231 g/mol. The minimum absolute atomic E-state index is 0.219. The fourth-order valence-corrected chi connectivity index (χ4v) is 1.44. The van der Waals surface area contributed by atoms with Gasteiger partial charge in [0.05, 0.1) is 6.20 Å². The van der Waals surface area contributed by atoms with Crippen molar-refractivity contribution >= 4 is 5.69 Å². The largest absolute Gasteiger partial charge is 0.444 e. The first-order valence-electron chi connectivity index (χ1n) is 5.56. The molecule has 0 aliphatic rings. The molecule has 0 atom stereocenters. The lowest BCUT2D eigenvalue weighted by Gasteiger charge is -2.19. The van der Waals surface area contributed by atoms with Crippen LogP contribution < -0.4 is 11.1 Å². The Bertz CT molecular complexity index is 454. The second-order valence-corrected chi connectivity index (χ2v) is 4.79. The van der Waals surface area contributed by atoms with Gasteiger partial charge in [0.15, 0.2) is 12.2 Å². The number of rotatable bonds is 4. The van der Waals surface area contributed by atoms with Gasteiger partial charge in [0, 0.05) is 23.3 Å². The van der Waals surface area contributed by atoms with Gasteiger partial charge in [-0.15, -0.1) is 0 Å². The molecule has 0 fully saturated rings. The summed E-state index contributed by atoms with van der Waals surface area (Å²) in [6.45, 7) is 4.71. The van der Waals surface area contributed by atoms with E-state index in [0.29, 0.717) is 0 Å². The quantitative estimate of drug-likeness (QED) is 0.848. The number of aromatic nitrogens is 1. The summed E-state index contributed by atoms with van der Waals surface area (Å²) in [5.74, 6) is 0.774. The maximum Gasteiger partial charge on any atom is 0.181 e. The highest BCUT2D eigenvalue weighted by molar-refractivity contribution is 5.60. The maximum absolute atomic E-state index is 5.90. The van der Waals surface area contributed by atoms with Crippen molar-refractivity contribution in [3.05, 3.63) is 36.9 Å². The predicted octanol–water partition coefficient (Wildman–Crippen LogP) is 2.49. The van der Waals surface area contributed by atoms with Gasteiger partial charge in [-0.05, 0) is 38.1 Å². The molecule has 2 aromatic rings. The zero-order valence-corrected chi connectivity index (χ0v) is 10.1. The summed E-state index contributed by atoms with van der Waals surface area (Å²) >= 11 is 0. The van der Waals surface area contributed by atoms with Crippen LogP contribution in [0, 0.1) is 0 Å². The van der Waals surface area contributed by atoms with Crippen LogP contribution in [-0.2, 0) is 0 Å². The van der Waals surface area contributed by atoms with Crippen LogP contribution >= 0.6 is 0 Å². The number of nitrogens with two attached hydrogens (primary N) is 1. The molecule has 2 rings (SSSR count). The van der Waals surface area contributed by atoms with Crippen LogP contribution in [0.5, 0.6) is 0 Å². The molecule has 0 aliphatic carbocycles. The molecule has 0 aliphatic heterocycles. The van der Waals surface area contributed by atoms with Gasteiger partial charge in [0.1, 0.15) is 0 Å². The first-order valence-corrected chi connectivity index (χ1v) is 5.56. The molecular formula is C13H17N3O. The number of nitrogens with zero attached hydrogens (tertiary/aromatic N) is 1. The first kappa shape index (κ1) is 11.7. The van der Waals surface area contributed by atoms with Crippen LogP contribution in [0.1, 0.15) is 13.8 Å². The summed E-state index contributed by atoms with van der Waals surface area (Å²) in [6, 6.07) is 7.99. The Morgan fingerprint density at radius 2 is 2.00 bits per heavy atom. The van der Waals surface area contributed by atoms with Crippen LogP contribution in [0.2, 0.25) is 0 Å². The van der Waals surface area contributed by atoms with Gasteiger partial charge >= 0.3 is 0 Å². The third-order valence-electron chi connectivity index (χ3n) is 2.35. The van der Waals surface area contributed by atoms with Gasteiger partial charge in [-0.3, -0.25) is 0 Å². The SMILES string of the molecule is CC(C)(N)CNc1ccc(-c2cnco2)cc1. The summed E-state index contributed by atoms with van der Waals surface area (Å²) in [7, 11) is 0. The van der Waals surface area contributed by atoms with Crippen molar-refractivity contribution in [3.63, 3.8) is 0 Å². The maximum atomic E-state index is 5.90. The monoisotopic (exact) mass is 231 g/mol. The van der Waals surface area contributed by atoms with Crippen molar-refractivity contribution < 1.29 is 4.42 Å². The Hall–Kier alpha value is -1.81. The minimum Gasteiger partial charge on any atom is -0.444 e. The van der Waals surface area contributed by atoms with E-state index in [2.05, 4.69) is 10.3 Å². The molecule has 4 nitrogen and oxygen atoms in total. The highest BCUT2D eigenvalue weighted by atomic mass is 16.3. The second-order valence-electron chi connectivity index (χ2n) is 4.79. The summed E-state index contributed by atoms with van der Waals surface area (Å²) in [5, 5.41) is 3.29. The standard InChI is InChI=1S/C13H17N3O/c1-13(2,14)8-16-11-5-3-10(4-6-11)12-7-15-9-17-12/h3-7,9,16H,8,14H2,1-2H3. The lowest BCUT2D eigenvalue weighted by molar-refractivity contribution is 0.549. The number of nitrogens with one attached hydrogen (secondary N) is 1. The summed E-state index contributed by atoms with van der Waals surface area (Å²) < 4.78 is 5.22. The molecule has 0 amide bonds. The van der Waals surface area contributed by atoms with Crippen LogP contribution in [0.3, 0.4) is 0 Å². The third kappa shape index (κ3) is 3.32. The van der Waals surface area contributed by atoms with E-state index in [-0.39, 0.29) is 5.54 Å². The zero-order chi connectivity index (χ0) is 12.3. The van der Waals surface area contributed by atoms with E-state index in [1.807, 2.05) is 38.1 Å². The second kappa shape index (κ2) is 4.59. The van der Waals surface area contributed by atoms with Crippen LogP contribution in [0.25, 0.3) is 11.3 Å². The number of hydrogen-bond acceptors (Lipinski definition) is 4. The number of oxazole rings is 1. The first-order chi connectivity index (χ1) is 8.04. The highest BCUT2D eigenvalue weighted by Crippen LogP contribution is 2.20. The van der Waals surface area contributed by atoms with Crippen molar-refractivity contribution in [1.82, 2.24) is 4.98 Å². The van der Waals surface area contributed by atoms with Crippen molar-refractivity contribution in [1.29, 1.82) is 0 Å². The van der Waals surface area contributed by atoms with Crippen LogP contribution in [0.15, 0.2) is 41.3 Å². The Labute approximate surface area is 101 Å². The molecule has 4 heteroatoms. The van der Waals surface area contributed by atoms with Gasteiger partial charge < -0.3 is 15.5 Å². The molecule has 0 bridgehead atoms. The average Bonchev–Trinajstić information content (AvgIpc) is 2.79. The number of benzene rings is 1. The zero-order valence-electron chi connectivity index (χ0n) is 10.1. The van der Waals surface area contributed by atoms with Gasteiger partial charge in [-0.2, -0.15) is 0 Å². The van der Waals surface area contributed by atoms with Crippen molar-refractivity contribution in [3.8, 4) is 11.3 Å². The fourth-order valence-electron chi connectivity index (χ4n) is 1.44. The van der Waals surface area contributed by atoms with Crippen LogP contribution in [-0.4, -0.2) is 17.1 Å². The van der Waals surface area contributed by atoms with E-state index in [0.717, 1.165) is 23.6 Å². The van der Waals surface area contributed by atoms with E-state index in [1.54, 1.807) is 6.20 Å². The molecule has 1 heterocycles. The van der Waals surface area contributed by atoms with Gasteiger partial charge in [0.25, 0.3) is 0 Å². The van der Waals surface area contributed by atoms with Crippen molar-refractivity contribution in [2.24, 2.45) is 5.73 Å². The number of anilines is 1. The number of hydrogen-bond donors (Lipinski definition) is 2. The third-order valence-corrected chi connectivity index (χ3v) is 2.35. The summed E-state index contributed by atoms with van der Waals surface area (Å²) in [6.07, 6.45) is 3.13. The lowest BCUT2D eigenvalue weighted by Crippen LogP contribution is -2.39. The predicted molar refractivity (Wildman–Crippen MR) is 68.7 cm³/mol. The van der Waals surface area contributed by atoms with E-state index in [1.165, 1.54) is 6.39 Å². The smallest absolute Gasteiger partial charge is 0.181 e. The van der Waals surface area contributed by atoms with Crippen molar-refractivity contribution in [2.45, 2.75) is 19.4 Å². The molecule has 0 unspecified atom stereocenters. The van der Waals surface area contributed by atoms with Gasteiger partial charge in [-0.25, -0.2) is 4.98 Å². The van der Waals surface area contributed by atoms with E-state index >= 15 is 0 Å². The molecule has 0 saturated heterocycles. The molecule has 1 aromatic carbocycles. The molecule has 90 valence electrons.